The van der Waals surface area contributed by atoms with E-state index in [4.69, 9.17) is 0 Å². The maximum atomic E-state index is 13.4. The number of benzene rings is 1. The summed E-state index contributed by atoms with van der Waals surface area (Å²) in [6.45, 7) is 5.13. The molecule has 0 N–H and O–H groups in total. The fraction of sp³-hybridized carbons (Fsp3) is 0.400. The predicted molar refractivity (Wildman–Crippen MR) is 57.6 cm³/mol. The molecule has 0 heterocycles. The molecular weight excluding hydrogens is 252 g/mol. The first-order valence-corrected chi connectivity index (χ1v) is 5.28. The van der Waals surface area contributed by atoms with E-state index in [2.05, 4.69) is 15.9 Å². The van der Waals surface area contributed by atoms with Gasteiger partial charge < -0.3 is 4.90 Å². The molecule has 78 valence electrons. The van der Waals surface area contributed by atoms with Gasteiger partial charge in [-0.2, -0.15) is 0 Å². The summed E-state index contributed by atoms with van der Waals surface area (Å²) in [5, 5.41) is 0. The van der Waals surface area contributed by atoms with E-state index in [-0.39, 0.29) is 4.47 Å². The fourth-order valence-corrected chi connectivity index (χ4v) is 1.63. The monoisotopic (exact) mass is 263 g/mol. The minimum absolute atomic E-state index is 0.158. The molecule has 0 aromatic heterocycles. The highest BCUT2D eigenvalue weighted by Crippen LogP contribution is 2.25. The minimum atomic E-state index is -0.437. The summed E-state index contributed by atoms with van der Waals surface area (Å²) in [5.41, 5.74) is 0.315. The smallest absolute Gasteiger partial charge is 0.147 e. The molecule has 0 atom stereocenters. The summed E-state index contributed by atoms with van der Waals surface area (Å²) in [6.07, 6.45) is 0. The van der Waals surface area contributed by atoms with E-state index in [0.29, 0.717) is 18.8 Å². The van der Waals surface area contributed by atoms with Gasteiger partial charge in [0.05, 0.1) is 10.2 Å². The number of hydrogen-bond acceptors (Lipinski definition) is 1. The first-order chi connectivity index (χ1) is 6.60. The van der Waals surface area contributed by atoms with Crippen molar-refractivity contribution >= 4 is 21.6 Å². The molecule has 0 aliphatic rings. The molecular formula is C10H12BrF2N. The van der Waals surface area contributed by atoms with E-state index >= 15 is 0 Å². The quantitative estimate of drug-likeness (QED) is 0.754. The summed E-state index contributed by atoms with van der Waals surface area (Å²) < 4.78 is 26.7. The van der Waals surface area contributed by atoms with Crippen LogP contribution in [0.3, 0.4) is 0 Å². The molecule has 0 aliphatic heterocycles. The van der Waals surface area contributed by atoms with Gasteiger partial charge in [0.15, 0.2) is 0 Å². The average Bonchev–Trinajstić information content (AvgIpc) is 2.15. The Morgan fingerprint density at radius 2 is 1.71 bits per heavy atom. The Bertz CT molecular complexity index is 324. The van der Waals surface area contributed by atoms with Crippen LogP contribution in [0.15, 0.2) is 16.6 Å². The number of rotatable bonds is 3. The van der Waals surface area contributed by atoms with Gasteiger partial charge in [-0.3, -0.25) is 0 Å². The van der Waals surface area contributed by atoms with Crippen LogP contribution in [0.2, 0.25) is 0 Å². The van der Waals surface area contributed by atoms with Gasteiger partial charge in [-0.05, 0) is 35.8 Å². The van der Waals surface area contributed by atoms with Crippen molar-refractivity contribution < 1.29 is 8.78 Å². The van der Waals surface area contributed by atoms with E-state index in [1.165, 1.54) is 6.07 Å². The van der Waals surface area contributed by atoms with Crippen LogP contribution in [0.1, 0.15) is 13.8 Å². The summed E-state index contributed by atoms with van der Waals surface area (Å²) in [4.78, 5) is 1.77. The fourth-order valence-electron chi connectivity index (χ4n) is 1.32. The molecule has 0 spiro atoms. The molecule has 0 amide bonds. The number of nitrogens with zero attached hydrogens (tertiary/aromatic N) is 1. The summed E-state index contributed by atoms with van der Waals surface area (Å²) in [6, 6.07) is 2.37. The van der Waals surface area contributed by atoms with Crippen LogP contribution in [0.5, 0.6) is 0 Å². The lowest BCUT2D eigenvalue weighted by atomic mass is 10.2. The standard InChI is InChI=1S/C10H12BrF2N/c1-3-14(4-2)10-6-8(12)7(11)5-9(10)13/h5-6H,3-4H2,1-2H3. The molecule has 0 radical (unpaired) electrons. The Balaban J connectivity index is 3.14. The van der Waals surface area contributed by atoms with Crippen molar-refractivity contribution in [1.82, 2.24) is 0 Å². The van der Waals surface area contributed by atoms with Gasteiger partial charge in [0, 0.05) is 19.2 Å². The molecule has 4 heteroatoms. The van der Waals surface area contributed by atoms with Gasteiger partial charge >= 0.3 is 0 Å². The van der Waals surface area contributed by atoms with Crippen LogP contribution in [0.4, 0.5) is 14.5 Å². The molecule has 1 rings (SSSR count). The minimum Gasteiger partial charge on any atom is -0.370 e. The molecule has 0 fully saturated rings. The van der Waals surface area contributed by atoms with E-state index < -0.39 is 11.6 Å². The number of halogens is 3. The second-order valence-electron chi connectivity index (χ2n) is 2.89. The summed E-state index contributed by atoms with van der Waals surface area (Å²) >= 11 is 2.94. The van der Waals surface area contributed by atoms with Crippen molar-refractivity contribution in [1.29, 1.82) is 0 Å². The van der Waals surface area contributed by atoms with E-state index in [1.54, 1.807) is 4.90 Å². The van der Waals surface area contributed by atoms with Gasteiger partial charge in [0.1, 0.15) is 11.6 Å². The lowest BCUT2D eigenvalue weighted by Crippen LogP contribution is -2.23. The van der Waals surface area contributed by atoms with Crippen molar-refractivity contribution in [3.8, 4) is 0 Å². The van der Waals surface area contributed by atoms with Gasteiger partial charge in [0.2, 0.25) is 0 Å². The second-order valence-corrected chi connectivity index (χ2v) is 3.74. The molecule has 14 heavy (non-hydrogen) atoms. The summed E-state index contributed by atoms with van der Waals surface area (Å²) in [5.74, 6) is -0.838. The molecule has 1 nitrogen and oxygen atoms in total. The topological polar surface area (TPSA) is 3.24 Å². The Morgan fingerprint density at radius 3 is 2.21 bits per heavy atom. The van der Waals surface area contributed by atoms with E-state index in [9.17, 15) is 8.78 Å². The summed E-state index contributed by atoms with van der Waals surface area (Å²) in [7, 11) is 0. The molecule has 0 aliphatic carbocycles. The largest absolute Gasteiger partial charge is 0.370 e. The normalized spacial score (nSPS) is 10.4. The molecule has 1 aromatic carbocycles. The highest BCUT2D eigenvalue weighted by Gasteiger charge is 2.12. The van der Waals surface area contributed by atoms with Crippen molar-refractivity contribution in [2.24, 2.45) is 0 Å². The van der Waals surface area contributed by atoms with Gasteiger partial charge in [-0.15, -0.1) is 0 Å². The van der Waals surface area contributed by atoms with Crippen molar-refractivity contribution in [3.05, 3.63) is 28.2 Å². The van der Waals surface area contributed by atoms with Crippen molar-refractivity contribution in [2.75, 3.05) is 18.0 Å². The van der Waals surface area contributed by atoms with Crippen LogP contribution in [0.25, 0.3) is 0 Å². The van der Waals surface area contributed by atoms with Gasteiger partial charge in [0.25, 0.3) is 0 Å². The van der Waals surface area contributed by atoms with Gasteiger partial charge in [-0.25, -0.2) is 8.78 Å². The molecule has 1 aromatic rings. The SMILES string of the molecule is CCN(CC)c1cc(F)c(Br)cc1F. The van der Waals surface area contributed by atoms with Crippen LogP contribution in [0, 0.1) is 11.6 Å². The van der Waals surface area contributed by atoms with Crippen LogP contribution >= 0.6 is 15.9 Å². The third-order valence-electron chi connectivity index (χ3n) is 2.09. The molecule has 0 bridgehead atoms. The van der Waals surface area contributed by atoms with Crippen molar-refractivity contribution in [3.63, 3.8) is 0 Å². The predicted octanol–water partition coefficient (Wildman–Crippen LogP) is 3.57. The first-order valence-electron chi connectivity index (χ1n) is 4.49. The van der Waals surface area contributed by atoms with Crippen LogP contribution in [-0.2, 0) is 0 Å². The maximum absolute atomic E-state index is 13.4. The maximum Gasteiger partial charge on any atom is 0.147 e. The Labute approximate surface area is 90.8 Å². The third-order valence-corrected chi connectivity index (χ3v) is 2.70. The zero-order valence-electron chi connectivity index (χ0n) is 8.15. The Morgan fingerprint density at radius 1 is 1.14 bits per heavy atom. The van der Waals surface area contributed by atoms with E-state index in [0.717, 1.165) is 6.07 Å². The lowest BCUT2D eigenvalue weighted by molar-refractivity contribution is 0.589. The highest BCUT2D eigenvalue weighted by molar-refractivity contribution is 9.10. The van der Waals surface area contributed by atoms with Crippen molar-refractivity contribution in [2.45, 2.75) is 13.8 Å². The van der Waals surface area contributed by atoms with E-state index in [1.807, 2.05) is 13.8 Å². The van der Waals surface area contributed by atoms with Crippen LogP contribution in [-0.4, -0.2) is 13.1 Å². The average molecular weight is 264 g/mol. The zero-order chi connectivity index (χ0) is 10.7. The van der Waals surface area contributed by atoms with Crippen LogP contribution < -0.4 is 4.90 Å². The molecule has 0 unspecified atom stereocenters. The van der Waals surface area contributed by atoms with Gasteiger partial charge in [-0.1, -0.05) is 0 Å². The number of anilines is 1. The lowest BCUT2D eigenvalue weighted by Gasteiger charge is -2.21. The highest BCUT2D eigenvalue weighted by atomic mass is 79.9. The zero-order valence-corrected chi connectivity index (χ0v) is 9.74. The second kappa shape index (κ2) is 4.73. The molecule has 0 saturated heterocycles. The first kappa shape index (κ1) is 11.4. The third kappa shape index (κ3) is 2.23. The molecule has 0 saturated carbocycles. The Kier molecular flexibility index (Phi) is 3.86. The number of hydrogen-bond donors (Lipinski definition) is 0. The Hall–Kier alpha value is -0.640.